The summed E-state index contributed by atoms with van der Waals surface area (Å²) in [5, 5.41) is 7.28. The maximum atomic E-state index is 12.6. The molecule has 0 bridgehead atoms. The number of hydrogen-bond acceptors (Lipinski definition) is 4. The summed E-state index contributed by atoms with van der Waals surface area (Å²) in [4.78, 5) is 16.9. The van der Waals surface area contributed by atoms with Crippen LogP contribution in [0.25, 0.3) is 0 Å². The fourth-order valence-corrected chi connectivity index (χ4v) is 3.86. The summed E-state index contributed by atoms with van der Waals surface area (Å²) in [6.07, 6.45) is 3.73. The molecule has 1 saturated heterocycles. The van der Waals surface area contributed by atoms with Crippen LogP contribution in [0.2, 0.25) is 0 Å². The summed E-state index contributed by atoms with van der Waals surface area (Å²) in [5.74, 6) is 0.908. The second kappa shape index (κ2) is 10.8. The van der Waals surface area contributed by atoms with E-state index in [1.165, 1.54) is 11.1 Å². The van der Waals surface area contributed by atoms with Gasteiger partial charge in [0.2, 0.25) is 0 Å². The summed E-state index contributed by atoms with van der Waals surface area (Å²) in [7, 11) is 0. The first-order valence-electron chi connectivity index (χ1n) is 11.2. The second-order valence-electron chi connectivity index (χ2n) is 8.02. The number of aromatic nitrogens is 2. The van der Waals surface area contributed by atoms with Gasteiger partial charge in [-0.25, -0.2) is 4.79 Å². The lowest BCUT2D eigenvalue weighted by atomic mass is 10.1. The lowest BCUT2D eigenvalue weighted by Gasteiger charge is -2.34. The third kappa shape index (κ3) is 6.11. The van der Waals surface area contributed by atoms with Crippen molar-refractivity contribution in [3.63, 3.8) is 0 Å². The second-order valence-corrected chi connectivity index (χ2v) is 8.02. The molecule has 168 valence electrons. The number of nitrogens with zero attached hydrogens (tertiary/aromatic N) is 4. The highest BCUT2D eigenvalue weighted by atomic mass is 16.5. The molecule has 32 heavy (non-hydrogen) atoms. The minimum atomic E-state index is 0.00587. The largest absolute Gasteiger partial charge is 0.494 e. The van der Waals surface area contributed by atoms with Crippen molar-refractivity contribution in [3.8, 4) is 5.75 Å². The average molecular weight is 434 g/mol. The molecule has 2 aromatic carbocycles. The SMILES string of the molecule is CCOc1ccc(CN2CCN(C(=O)NCc3ccc(Cn4cccn4)cc3)CC2)cc1. The number of piperazine rings is 1. The van der Waals surface area contributed by atoms with Gasteiger partial charge in [-0.15, -0.1) is 0 Å². The van der Waals surface area contributed by atoms with Crippen molar-refractivity contribution in [1.82, 2.24) is 24.9 Å². The third-order valence-corrected chi connectivity index (χ3v) is 5.67. The Hall–Kier alpha value is -3.32. The van der Waals surface area contributed by atoms with Crippen LogP contribution < -0.4 is 10.1 Å². The number of carbonyl (C=O) groups excluding carboxylic acids is 1. The van der Waals surface area contributed by atoms with Gasteiger partial charge in [-0.1, -0.05) is 36.4 Å². The van der Waals surface area contributed by atoms with Crippen LogP contribution in [0.1, 0.15) is 23.6 Å². The van der Waals surface area contributed by atoms with Crippen LogP contribution in [0.5, 0.6) is 5.75 Å². The van der Waals surface area contributed by atoms with Gasteiger partial charge in [-0.2, -0.15) is 5.10 Å². The first kappa shape index (κ1) is 21.9. The Morgan fingerprint density at radius 3 is 2.25 bits per heavy atom. The highest BCUT2D eigenvalue weighted by Gasteiger charge is 2.20. The molecule has 0 atom stereocenters. The first-order chi connectivity index (χ1) is 15.7. The summed E-state index contributed by atoms with van der Waals surface area (Å²) < 4.78 is 7.40. The summed E-state index contributed by atoms with van der Waals surface area (Å²) in [6.45, 7) is 8.09. The minimum absolute atomic E-state index is 0.00587. The number of ether oxygens (including phenoxy) is 1. The highest BCUT2D eigenvalue weighted by molar-refractivity contribution is 5.74. The van der Waals surface area contributed by atoms with E-state index in [1.54, 1.807) is 6.20 Å². The number of rotatable bonds is 8. The maximum Gasteiger partial charge on any atom is 0.317 e. The Labute approximate surface area is 189 Å². The average Bonchev–Trinajstić information content (AvgIpc) is 3.33. The van der Waals surface area contributed by atoms with Gasteiger partial charge in [-0.3, -0.25) is 9.58 Å². The molecule has 4 rings (SSSR count). The summed E-state index contributed by atoms with van der Waals surface area (Å²) >= 11 is 0. The van der Waals surface area contributed by atoms with Crippen LogP contribution in [0.4, 0.5) is 4.79 Å². The van der Waals surface area contributed by atoms with Gasteiger partial charge < -0.3 is 15.0 Å². The Balaban J connectivity index is 1.18. The molecule has 2 amide bonds. The van der Waals surface area contributed by atoms with Crippen LogP contribution in [-0.2, 0) is 19.6 Å². The third-order valence-electron chi connectivity index (χ3n) is 5.67. The van der Waals surface area contributed by atoms with Crippen LogP contribution >= 0.6 is 0 Å². The zero-order valence-electron chi connectivity index (χ0n) is 18.6. The molecule has 0 unspecified atom stereocenters. The van der Waals surface area contributed by atoms with Crippen LogP contribution in [-0.4, -0.2) is 58.4 Å². The quantitative estimate of drug-likeness (QED) is 0.592. The van der Waals surface area contributed by atoms with Crippen molar-refractivity contribution < 1.29 is 9.53 Å². The van der Waals surface area contributed by atoms with Gasteiger partial charge >= 0.3 is 6.03 Å². The zero-order valence-corrected chi connectivity index (χ0v) is 18.6. The summed E-state index contributed by atoms with van der Waals surface area (Å²) in [5.41, 5.74) is 3.55. The van der Waals surface area contributed by atoms with E-state index in [1.807, 2.05) is 40.9 Å². The van der Waals surface area contributed by atoms with Crippen molar-refractivity contribution in [2.24, 2.45) is 0 Å². The molecule has 7 heteroatoms. The molecule has 3 aromatic rings. The van der Waals surface area contributed by atoms with E-state index in [-0.39, 0.29) is 6.03 Å². The number of hydrogen-bond donors (Lipinski definition) is 1. The van der Waals surface area contributed by atoms with Crippen LogP contribution in [0.3, 0.4) is 0 Å². The van der Waals surface area contributed by atoms with Gasteiger partial charge in [0.15, 0.2) is 0 Å². The predicted molar refractivity (Wildman–Crippen MR) is 124 cm³/mol. The van der Waals surface area contributed by atoms with Gasteiger partial charge in [0.1, 0.15) is 5.75 Å². The molecule has 1 fully saturated rings. The van der Waals surface area contributed by atoms with E-state index < -0.39 is 0 Å². The van der Waals surface area contributed by atoms with Crippen LogP contribution in [0.15, 0.2) is 67.0 Å². The van der Waals surface area contributed by atoms with Gasteiger partial charge in [-0.05, 0) is 41.8 Å². The van der Waals surface area contributed by atoms with E-state index in [4.69, 9.17) is 4.74 Å². The van der Waals surface area contributed by atoms with Crippen molar-refractivity contribution in [2.45, 2.75) is 26.6 Å². The Morgan fingerprint density at radius 2 is 1.59 bits per heavy atom. The Bertz CT molecular complexity index is 963. The summed E-state index contributed by atoms with van der Waals surface area (Å²) in [6, 6.07) is 18.5. The van der Waals surface area contributed by atoms with E-state index in [0.29, 0.717) is 13.2 Å². The van der Waals surface area contributed by atoms with Gasteiger partial charge in [0.25, 0.3) is 0 Å². The molecular formula is C25H31N5O2. The van der Waals surface area contributed by atoms with E-state index in [0.717, 1.165) is 50.6 Å². The van der Waals surface area contributed by atoms with Crippen molar-refractivity contribution in [3.05, 3.63) is 83.7 Å². The molecular weight excluding hydrogens is 402 g/mol. The van der Waals surface area contributed by atoms with E-state index >= 15 is 0 Å². The smallest absolute Gasteiger partial charge is 0.317 e. The monoisotopic (exact) mass is 433 g/mol. The van der Waals surface area contributed by atoms with E-state index in [9.17, 15) is 4.79 Å². The van der Waals surface area contributed by atoms with Crippen molar-refractivity contribution >= 4 is 6.03 Å². The molecule has 0 aliphatic carbocycles. The van der Waals surface area contributed by atoms with Gasteiger partial charge in [0.05, 0.1) is 13.2 Å². The molecule has 0 radical (unpaired) electrons. The maximum absolute atomic E-state index is 12.6. The minimum Gasteiger partial charge on any atom is -0.494 e. The molecule has 1 N–H and O–H groups in total. The highest BCUT2D eigenvalue weighted by Crippen LogP contribution is 2.15. The zero-order chi connectivity index (χ0) is 22.2. The Morgan fingerprint density at radius 1 is 0.938 bits per heavy atom. The fraction of sp³-hybridized carbons (Fsp3) is 0.360. The molecule has 0 spiro atoms. The molecule has 1 aromatic heterocycles. The molecule has 1 aliphatic heterocycles. The first-order valence-corrected chi connectivity index (χ1v) is 11.2. The number of urea groups is 1. The van der Waals surface area contributed by atoms with E-state index in [2.05, 4.69) is 51.7 Å². The molecule has 0 saturated carbocycles. The standard InChI is InChI=1S/C25H31N5O2/c1-2-32-24-10-8-22(9-11-24)19-28-14-16-29(17-15-28)25(31)26-18-21-4-6-23(7-5-21)20-30-13-3-12-27-30/h3-13H,2,14-20H2,1H3,(H,26,31). The fourth-order valence-electron chi connectivity index (χ4n) is 3.86. The van der Waals surface area contributed by atoms with Crippen molar-refractivity contribution in [1.29, 1.82) is 0 Å². The lowest BCUT2D eigenvalue weighted by Crippen LogP contribution is -2.51. The Kier molecular flexibility index (Phi) is 7.40. The number of carbonyl (C=O) groups is 1. The lowest BCUT2D eigenvalue weighted by molar-refractivity contribution is 0.135. The topological polar surface area (TPSA) is 62.6 Å². The van der Waals surface area contributed by atoms with Crippen molar-refractivity contribution in [2.75, 3.05) is 32.8 Å². The predicted octanol–water partition coefficient (Wildman–Crippen LogP) is 3.36. The number of amides is 2. The van der Waals surface area contributed by atoms with Gasteiger partial charge in [0, 0.05) is 51.7 Å². The normalized spacial score (nSPS) is 14.3. The number of nitrogens with one attached hydrogen (secondary N) is 1. The number of benzene rings is 2. The molecule has 7 nitrogen and oxygen atoms in total. The molecule has 2 heterocycles. The van der Waals surface area contributed by atoms with Crippen LogP contribution in [0, 0.1) is 0 Å². The molecule has 1 aliphatic rings.